The number of aromatic amines is 1. The van der Waals surface area contributed by atoms with Crippen LogP contribution < -0.4 is 0 Å². The molecule has 0 fully saturated rings. The first-order valence-electron chi connectivity index (χ1n) is 9.34. The molecule has 5 nitrogen and oxygen atoms in total. The molecule has 0 saturated carbocycles. The van der Waals surface area contributed by atoms with E-state index >= 15 is 0 Å². The van der Waals surface area contributed by atoms with Gasteiger partial charge in [-0.25, -0.2) is 0 Å². The molecule has 0 spiro atoms. The van der Waals surface area contributed by atoms with E-state index in [4.69, 9.17) is 0 Å². The number of aliphatic hydroxyl groups is 2. The molecule has 5 heteroatoms. The second kappa shape index (κ2) is 7.84. The number of aromatic nitrogens is 1. The van der Waals surface area contributed by atoms with E-state index in [1.165, 1.54) is 4.90 Å². The maximum Gasteiger partial charge on any atom is 0.254 e. The lowest BCUT2D eigenvalue weighted by Crippen LogP contribution is -2.36. The SMILES string of the molecule is O=C(c1ccc(-c2cccc3[nH]ccc23)c2ccccc12)N(CCO)CCO. The van der Waals surface area contributed by atoms with Crippen LogP contribution in [-0.2, 0) is 0 Å². The second-order valence-electron chi connectivity index (χ2n) is 6.69. The molecule has 0 aliphatic carbocycles. The fourth-order valence-corrected chi connectivity index (χ4v) is 3.77. The van der Waals surface area contributed by atoms with Crippen LogP contribution in [0.2, 0.25) is 0 Å². The largest absolute Gasteiger partial charge is 0.395 e. The highest BCUT2D eigenvalue weighted by atomic mass is 16.3. The number of nitrogens with one attached hydrogen (secondary N) is 1. The van der Waals surface area contributed by atoms with Crippen LogP contribution in [0.25, 0.3) is 32.8 Å². The quantitative estimate of drug-likeness (QED) is 0.484. The van der Waals surface area contributed by atoms with Gasteiger partial charge in [0.05, 0.1) is 13.2 Å². The number of benzene rings is 3. The zero-order valence-electron chi connectivity index (χ0n) is 15.4. The Kier molecular flexibility index (Phi) is 5.10. The lowest BCUT2D eigenvalue weighted by Gasteiger charge is -2.22. The fraction of sp³-hybridized carbons (Fsp3) is 0.174. The van der Waals surface area contributed by atoms with Crippen molar-refractivity contribution < 1.29 is 15.0 Å². The summed E-state index contributed by atoms with van der Waals surface area (Å²) in [5, 5.41) is 21.5. The molecule has 0 radical (unpaired) electrons. The highest BCUT2D eigenvalue weighted by Crippen LogP contribution is 2.35. The van der Waals surface area contributed by atoms with Crippen molar-refractivity contribution >= 4 is 27.6 Å². The molecule has 4 aromatic rings. The summed E-state index contributed by atoms with van der Waals surface area (Å²) in [6, 6.07) is 19.9. The first-order chi connectivity index (χ1) is 13.7. The molecule has 0 bridgehead atoms. The predicted octanol–water partition coefficient (Wildman–Crippen LogP) is 3.41. The zero-order chi connectivity index (χ0) is 19.5. The highest BCUT2D eigenvalue weighted by Gasteiger charge is 2.19. The molecule has 0 saturated heterocycles. The molecule has 3 N–H and O–H groups in total. The van der Waals surface area contributed by atoms with Gasteiger partial charge in [-0.2, -0.15) is 0 Å². The van der Waals surface area contributed by atoms with Crippen LogP contribution >= 0.6 is 0 Å². The van der Waals surface area contributed by atoms with Crippen LogP contribution in [0.3, 0.4) is 0 Å². The summed E-state index contributed by atoms with van der Waals surface area (Å²) in [7, 11) is 0. The van der Waals surface area contributed by atoms with Gasteiger partial charge in [-0.1, -0.05) is 42.5 Å². The molecule has 0 atom stereocenters. The molecule has 3 aromatic carbocycles. The minimum atomic E-state index is -0.189. The molecule has 142 valence electrons. The topological polar surface area (TPSA) is 76.6 Å². The van der Waals surface area contributed by atoms with Gasteiger partial charge in [0.2, 0.25) is 0 Å². The van der Waals surface area contributed by atoms with Crippen molar-refractivity contribution in [1.29, 1.82) is 0 Å². The summed E-state index contributed by atoms with van der Waals surface area (Å²) in [4.78, 5) is 17.8. The number of hydrogen-bond donors (Lipinski definition) is 3. The van der Waals surface area contributed by atoms with E-state index in [2.05, 4.69) is 17.1 Å². The Labute approximate surface area is 162 Å². The van der Waals surface area contributed by atoms with Crippen molar-refractivity contribution in [1.82, 2.24) is 9.88 Å². The van der Waals surface area contributed by atoms with Gasteiger partial charge in [0.1, 0.15) is 0 Å². The van der Waals surface area contributed by atoms with E-state index in [1.54, 1.807) is 0 Å². The predicted molar refractivity (Wildman–Crippen MR) is 111 cm³/mol. The standard InChI is InChI=1S/C23H22N2O3/c26-14-12-25(13-15-27)23(28)21-9-8-19(16-4-1-2-5-18(16)21)17-6-3-7-22-20(17)10-11-24-22/h1-11,24,26-27H,12-15H2. The average molecular weight is 374 g/mol. The molecule has 1 amide bonds. The number of rotatable bonds is 6. The second-order valence-corrected chi connectivity index (χ2v) is 6.69. The summed E-state index contributed by atoms with van der Waals surface area (Å²) in [5.41, 5.74) is 3.81. The average Bonchev–Trinajstić information content (AvgIpc) is 3.21. The van der Waals surface area contributed by atoms with Crippen molar-refractivity contribution in [2.75, 3.05) is 26.3 Å². The van der Waals surface area contributed by atoms with Crippen molar-refractivity contribution in [3.8, 4) is 11.1 Å². The van der Waals surface area contributed by atoms with Crippen LogP contribution in [0.4, 0.5) is 0 Å². The van der Waals surface area contributed by atoms with Crippen molar-refractivity contribution in [3.05, 3.63) is 72.4 Å². The Morgan fingerprint density at radius 2 is 1.50 bits per heavy atom. The van der Waals surface area contributed by atoms with E-state index in [1.807, 2.05) is 54.7 Å². The van der Waals surface area contributed by atoms with Gasteiger partial charge >= 0.3 is 0 Å². The number of carbonyl (C=O) groups is 1. The first-order valence-corrected chi connectivity index (χ1v) is 9.34. The van der Waals surface area contributed by atoms with Crippen LogP contribution in [-0.4, -0.2) is 52.3 Å². The molecular weight excluding hydrogens is 352 g/mol. The summed E-state index contributed by atoms with van der Waals surface area (Å²) >= 11 is 0. The lowest BCUT2D eigenvalue weighted by molar-refractivity contribution is 0.0687. The van der Waals surface area contributed by atoms with E-state index in [0.29, 0.717) is 5.56 Å². The molecule has 28 heavy (non-hydrogen) atoms. The number of amides is 1. The summed E-state index contributed by atoms with van der Waals surface area (Å²) in [6.07, 6.45) is 1.93. The lowest BCUT2D eigenvalue weighted by atomic mass is 9.93. The monoisotopic (exact) mass is 374 g/mol. The molecule has 1 heterocycles. The number of nitrogens with zero attached hydrogens (tertiary/aromatic N) is 1. The fourth-order valence-electron chi connectivity index (χ4n) is 3.77. The van der Waals surface area contributed by atoms with Crippen LogP contribution in [0.1, 0.15) is 10.4 Å². The molecule has 4 rings (SSSR count). The highest BCUT2D eigenvalue weighted by molar-refractivity contribution is 6.13. The minimum absolute atomic E-state index is 0.142. The first kappa shape index (κ1) is 18.2. The smallest absolute Gasteiger partial charge is 0.254 e. The molecular formula is C23H22N2O3. The number of aliphatic hydroxyl groups excluding tert-OH is 2. The van der Waals surface area contributed by atoms with Gasteiger partial charge in [-0.15, -0.1) is 0 Å². The van der Waals surface area contributed by atoms with Crippen LogP contribution in [0.5, 0.6) is 0 Å². The third-order valence-corrected chi connectivity index (χ3v) is 5.07. The van der Waals surface area contributed by atoms with Gasteiger partial charge < -0.3 is 20.1 Å². The Morgan fingerprint density at radius 1 is 0.786 bits per heavy atom. The van der Waals surface area contributed by atoms with Crippen LogP contribution in [0, 0.1) is 0 Å². The van der Waals surface area contributed by atoms with Crippen molar-refractivity contribution in [3.63, 3.8) is 0 Å². The Hall–Kier alpha value is -3.15. The molecule has 0 aliphatic rings. The van der Waals surface area contributed by atoms with E-state index < -0.39 is 0 Å². The molecule has 1 aromatic heterocycles. The normalized spacial score (nSPS) is 11.2. The maximum atomic E-state index is 13.1. The Bertz CT molecular complexity index is 1130. The minimum Gasteiger partial charge on any atom is -0.395 e. The number of fused-ring (bicyclic) bond motifs is 2. The molecule has 0 aliphatic heterocycles. The van der Waals surface area contributed by atoms with Gasteiger partial charge in [0, 0.05) is 35.8 Å². The van der Waals surface area contributed by atoms with E-state index in [-0.39, 0.29) is 32.2 Å². The van der Waals surface area contributed by atoms with Crippen molar-refractivity contribution in [2.24, 2.45) is 0 Å². The summed E-state index contributed by atoms with van der Waals surface area (Å²) < 4.78 is 0. The third kappa shape index (κ3) is 3.15. The van der Waals surface area contributed by atoms with Gasteiger partial charge in [0.25, 0.3) is 5.91 Å². The number of H-pyrrole nitrogens is 1. The maximum absolute atomic E-state index is 13.1. The summed E-state index contributed by atoms with van der Waals surface area (Å²) in [5.74, 6) is -0.189. The number of carbonyl (C=O) groups excluding carboxylic acids is 1. The van der Waals surface area contributed by atoms with E-state index in [0.717, 1.165) is 32.8 Å². The third-order valence-electron chi connectivity index (χ3n) is 5.07. The summed E-state index contributed by atoms with van der Waals surface area (Å²) in [6.45, 7) is 0.102. The van der Waals surface area contributed by atoms with E-state index in [9.17, 15) is 15.0 Å². The van der Waals surface area contributed by atoms with Crippen molar-refractivity contribution in [2.45, 2.75) is 0 Å². The molecule has 0 unspecified atom stereocenters. The Balaban J connectivity index is 1.88. The Morgan fingerprint density at radius 3 is 2.25 bits per heavy atom. The van der Waals surface area contributed by atoms with Gasteiger partial charge in [-0.3, -0.25) is 4.79 Å². The zero-order valence-corrected chi connectivity index (χ0v) is 15.4. The number of hydrogen-bond acceptors (Lipinski definition) is 3. The van der Waals surface area contributed by atoms with Crippen LogP contribution in [0.15, 0.2) is 66.9 Å². The van der Waals surface area contributed by atoms with Gasteiger partial charge in [-0.05, 0) is 40.1 Å². The van der Waals surface area contributed by atoms with Gasteiger partial charge in [0.15, 0.2) is 0 Å².